The lowest BCUT2D eigenvalue weighted by atomic mass is 10.2. The zero-order chi connectivity index (χ0) is 38.9. The first-order chi connectivity index (χ1) is 26.8. The molecule has 0 unspecified atom stereocenters. The molecule has 11 heteroatoms. The molecule has 0 fully saturated rings. The molecule has 0 aromatic carbocycles. The second kappa shape index (κ2) is 50.3. The average Bonchev–Trinajstić information content (AvgIpc) is 3.18. The van der Waals surface area contributed by atoms with Gasteiger partial charge in [-0.25, -0.2) is 0 Å². The summed E-state index contributed by atoms with van der Waals surface area (Å²) in [5.41, 5.74) is 1.47. The van der Waals surface area contributed by atoms with Gasteiger partial charge in [0.1, 0.15) is 0 Å². The van der Waals surface area contributed by atoms with Crippen molar-refractivity contribution in [2.75, 3.05) is 144 Å². The highest BCUT2D eigenvalue weighted by Crippen LogP contribution is 1.95. The summed E-state index contributed by atoms with van der Waals surface area (Å²) in [7, 11) is 0. The smallest absolute Gasteiger partial charge is 0.0177 e. The summed E-state index contributed by atoms with van der Waals surface area (Å²) in [4.78, 5) is 0. The van der Waals surface area contributed by atoms with E-state index in [-0.39, 0.29) is 0 Å². The lowest BCUT2D eigenvalue weighted by molar-refractivity contribution is 0.537. The van der Waals surface area contributed by atoms with Crippen LogP contribution in [0, 0.1) is 0 Å². The maximum Gasteiger partial charge on any atom is 0.0177 e. The Morgan fingerprint density at radius 2 is 0.481 bits per heavy atom. The van der Waals surface area contributed by atoms with E-state index in [9.17, 15) is 0 Å². The third-order valence-corrected chi connectivity index (χ3v) is 9.65. The molecule has 0 aliphatic rings. The molecule has 324 valence electrons. The zero-order valence-electron chi connectivity index (χ0n) is 36.4. The van der Waals surface area contributed by atoms with Gasteiger partial charge in [0.2, 0.25) is 0 Å². The monoisotopic (exact) mass is 768 g/mol. The second-order valence-electron chi connectivity index (χ2n) is 14.9. The van der Waals surface area contributed by atoms with Crippen LogP contribution in [0.4, 0.5) is 0 Å². The van der Waals surface area contributed by atoms with Gasteiger partial charge in [-0.05, 0) is 233 Å². The van der Waals surface area contributed by atoms with Crippen molar-refractivity contribution in [3.63, 3.8) is 0 Å². The SMILES string of the molecule is CCNCCCCNCCCCNCCCCNCCCCNC/C=C(/CNCC)CNCCCCNCCCCNCCCCNCCCCNCC. The van der Waals surface area contributed by atoms with E-state index in [4.69, 9.17) is 0 Å². The normalized spacial score (nSPS) is 12.0. The zero-order valence-corrected chi connectivity index (χ0v) is 36.4. The topological polar surface area (TPSA) is 132 Å². The number of rotatable bonds is 49. The summed E-state index contributed by atoms with van der Waals surface area (Å²) in [6, 6.07) is 0. The molecule has 0 radical (unpaired) electrons. The van der Waals surface area contributed by atoms with Crippen LogP contribution in [0.3, 0.4) is 0 Å². The largest absolute Gasteiger partial charge is 0.317 e. The van der Waals surface area contributed by atoms with Crippen LogP contribution < -0.4 is 58.5 Å². The quantitative estimate of drug-likeness (QED) is 0.0328. The maximum atomic E-state index is 3.68. The fourth-order valence-corrected chi connectivity index (χ4v) is 6.16. The van der Waals surface area contributed by atoms with Crippen LogP contribution in [0.25, 0.3) is 0 Å². The van der Waals surface area contributed by atoms with Gasteiger partial charge in [0, 0.05) is 19.6 Å². The van der Waals surface area contributed by atoms with Gasteiger partial charge in [-0.2, -0.15) is 0 Å². The Kier molecular flexibility index (Phi) is 49.7. The summed E-state index contributed by atoms with van der Waals surface area (Å²) in [5, 5.41) is 39.2. The van der Waals surface area contributed by atoms with Crippen LogP contribution in [0.2, 0.25) is 0 Å². The minimum atomic E-state index is 0.963. The first kappa shape index (κ1) is 53.3. The minimum Gasteiger partial charge on any atom is -0.317 e. The number of hydrogen-bond donors (Lipinski definition) is 11. The molecule has 0 amide bonds. The van der Waals surface area contributed by atoms with E-state index in [1.165, 1.54) is 108 Å². The van der Waals surface area contributed by atoms with Crippen molar-refractivity contribution >= 4 is 0 Å². The lowest BCUT2D eigenvalue weighted by Crippen LogP contribution is -2.27. The van der Waals surface area contributed by atoms with Crippen LogP contribution in [0.1, 0.15) is 124 Å². The Bertz CT molecular complexity index is 698. The molecule has 0 aromatic rings. The van der Waals surface area contributed by atoms with Gasteiger partial charge >= 0.3 is 0 Å². The summed E-state index contributed by atoms with van der Waals surface area (Å²) >= 11 is 0. The lowest BCUT2D eigenvalue weighted by Gasteiger charge is -2.11. The Balaban J connectivity index is 3.44. The van der Waals surface area contributed by atoms with E-state index >= 15 is 0 Å². The Labute approximate surface area is 336 Å². The third-order valence-electron chi connectivity index (χ3n) is 9.65. The molecule has 0 atom stereocenters. The van der Waals surface area contributed by atoms with Crippen molar-refractivity contribution in [1.82, 2.24) is 58.5 Å². The van der Waals surface area contributed by atoms with Gasteiger partial charge in [-0.1, -0.05) is 26.8 Å². The number of hydrogen-bond acceptors (Lipinski definition) is 11. The van der Waals surface area contributed by atoms with Gasteiger partial charge in [0.25, 0.3) is 0 Å². The van der Waals surface area contributed by atoms with E-state index in [0.717, 1.165) is 144 Å². The highest BCUT2D eigenvalue weighted by Gasteiger charge is 1.99. The summed E-state index contributed by atoms with van der Waals surface area (Å²) in [6.07, 6.45) is 22.6. The molecule has 0 heterocycles. The number of unbranched alkanes of at least 4 members (excludes halogenated alkanes) is 8. The first-order valence-corrected chi connectivity index (χ1v) is 23.3. The van der Waals surface area contributed by atoms with E-state index in [2.05, 4.69) is 85.3 Å². The molecule has 0 aliphatic heterocycles. The average molecular weight is 768 g/mol. The number of nitrogens with one attached hydrogen (secondary N) is 11. The van der Waals surface area contributed by atoms with E-state index < -0.39 is 0 Å². The molecule has 0 aliphatic carbocycles. The maximum absolute atomic E-state index is 3.68. The molecular formula is C43H97N11. The van der Waals surface area contributed by atoms with Crippen molar-refractivity contribution in [3.8, 4) is 0 Å². The van der Waals surface area contributed by atoms with Crippen LogP contribution >= 0.6 is 0 Å². The molecule has 0 saturated carbocycles. The van der Waals surface area contributed by atoms with E-state index in [1.807, 2.05) is 0 Å². The van der Waals surface area contributed by atoms with E-state index in [0.29, 0.717) is 0 Å². The van der Waals surface area contributed by atoms with Crippen molar-refractivity contribution in [2.45, 2.75) is 124 Å². The van der Waals surface area contributed by atoms with E-state index in [1.54, 1.807) is 0 Å². The summed E-state index contributed by atoms with van der Waals surface area (Å²) in [6.45, 7) is 30.9. The van der Waals surface area contributed by atoms with Gasteiger partial charge in [-0.15, -0.1) is 0 Å². The molecular weight excluding hydrogens is 671 g/mol. The predicted molar refractivity (Wildman–Crippen MR) is 241 cm³/mol. The third kappa shape index (κ3) is 47.5. The first-order valence-electron chi connectivity index (χ1n) is 23.3. The Hall–Kier alpha value is -0.700. The number of likely N-dealkylation sites (N-methyl/N-ethyl adjacent to an activating group) is 1. The van der Waals surface area contributed by atoms with Crippen LogP contribution in [-0.2, 0) is 0 Å². The van der Waals surface area contributed by atoms with Crippen LogP contribution in [0.5, 0.6) is 0 Å². The molecule has 11 N–H and O–H groups in total. The fourth-order valence-electron chi connectivity index (χ4n) is 6.16. The van der Waals surface area contributed by atoms with Gasteiger partial charge in [-0.3, -0.25) is 0 Å². The minimum absolute atomic E-state index is 0.963. The van der Waals surface area contributed by atoms with Crippen LogP contribution in [-0.4, -0.2) is 144 Å². The molecule has 0 bridgehead atoms. The van der Waals surface area contributed by atoms with Crippen LogP contribution in [0.15, 0.2) is 11.6 Å². The van der Waals surface area contributed by atoms with Gasteiger partial charge < -0.3 is 58.5 Å². The molecule has 54 heavy (non-hydrogen) atoms. The van der Waals surface area contributed by atoms with Crippen molar-refractivity contribution in [1.29, 1.82) is 0 Å². The second-order valence-corrected chi connectivity index (χ2v) is 14.9. The Morgan fingerprint density at radius 1 is 0.259 bits per heavy atom. The van der Waals surface area contributed by atoms with Crippen molar-refractivity contribution in [2.24, 2.45) is 0 Å². The van der Waals surface area contributed by atoms with Gasteiger partial charge in [0.15, 0.2) is 0 Å². The molecule has 0 aromatic heterocycles. The highest BCUT2D eigenvalue weighted by molar-refractivity contribution is 5.07. The van der Waals surface area contributed by atoms with Crippen molar-refractivity contribution in [3.05, 3.63) is 11.6 Å². The predicted octanol–water partition coefficient (Wildman–Crippen LogP) is 3.70. The molecule has 0 rings (SSSR count). The summed E-state index contributed by atoms with van der Waals surface area (Å²) in [5.74, 6) is 0. The molecule has 11 nitrogen and oxygen atoms in total. The standard InChI is InChI=1S/C43H97N11/c1-4-44-24-7-9-26-47-28-11-13-30-49-32-15-16-34-51-36-19-20-38-53-40-23-43(41-46-6-3)42-54-39-22-21-37-52-35-18-17-33-50-31-14-12-29-48-27-10-8-25-45-5-2/h23,44-54H,4-22,24-42H2,1-3H3/b43-23-. The molecule has 0 saturated heterocycles. The van der Waals surface area contributed by atoms with Crippen molar-refractivity contribution < 1.29 is 0 Å². The molecule has 0 spiro atoms. The fraction of sp³-hybridized carbons (Fsp3) is 0.953. The van der Waals surface area contributed by atoms with Gasteiger partial charge in [0.05, 0.1) is 0 Å². The Morgan fingerprint density at radius 3 is 0.759 bits per heavy atom. The highest BCUT2D eigenvalue weighted by atomic mass is 14.9. The summed E-state index contributed by atoms with van der Waals surface area (Å²) < 4.78 is 0.